The second kappa shape index (κ2) is 12.2. The van der Waals surface area contributed by atoms with Crippen LogP contribution in [0.1, 0.15) is 49.2 Å². The van der Waals surface area contributed by atoms with E-state index < -0.39 is 39.7 Å². The average molecular weight is 570 g/mol. The van der Waals surface area contributed by atoms with Crippen LogP contribution in [0.25, 0.3) is 11.0 Å². The quantitative estimate of drug-likeness (QED) is 0.403. The number of methoxy groups -OCH3 is 1. The summed E-state index contributed by atoms with van der Waals surface area (Å²) in [5.74, 6) is -0.841. The van der Waals surface area contributed by atoms with E-state index in [4.69, 9.17) is 9.15 Å². The number of carbonyl (C=O) groups is 3. The first-order chi connectivity index (χ1) is 19.0. The van der Waals surface area contributed by atoms with Gasteiger partial charge in [-0.25, -0.2) is 8.42 Å². The third kappa shape index (κ3) is 6.37. The lowest BCUT2D eigenvalue weighted by Gasteiger charge is -2.23. The third-order valence-corrected chi connectivity index (χ3v) is 8.84. The molecule has 1 aliphatic rings. The Bertz CT molecular complexity index is 1510. The van der Waals surface area contributed by atoms with Gasteiger partial charge in [-0.1, -0.05) is 38.1 Å². The van der Waals surface area contributed by atoms with E-state index in [9.17, 15) is 22.8 Å². The van der Waals surface area contributed by atoms with Crippen LogP contribution in [0.5, 0.6) is 5.75 Å². The van der Waals surface area contributed by atoms with Gasteiger partial charge in [0.25, 0.3) is 5.91 Å². The van der Waals surface area contributed by atoms with Crippen LogP contribution < -0.4 is 15.4 Å². The predicted octanol–water partition coefficient (Wildman–Crippen LogP) is 3.43. The Morgan fingerprint density at radius 3 is 2.60 bits per heavy atom. The van der Waals surface area contributed by atoms with Crippen molar-refractivity contribution in [2.24, 2.45) is 5.92 Å². The lowest BCUT2D eigenvalue weighted by Crippen LogP contribution is -2.52. The van der Waals surface area contributed by atoms with Gasteiger partial charge in [0.05, 0.1) is 24.6 Å². The fourth-order valence-corrected chi connectivity index (χ4v) is 6.33. The van der Waals surface area contributed by atoms with Crippen LogP contribution in [0.3, 0.4) is 0 Å². The van der Waals surface area contributed by atoms with Gasteiger partial charge < -0.3 is 19.8 Å². The summed E-state index contributed by atoms with van der Waals surface area (Å²) in [6, 6.07) is 11.6. The summed E-state index contributed by atoms with van der Waals surface area (Å²) in [7, 11) is -2.50. The van der Waals surface area contributed by atoms with Gasteiger partial charge >= 0.3 is 0 Å². The normalized spacial score (nSPS) is 17.4. The fourth-order valence-electron chi connectivity index (χ4n) is 4.85. The molecule has 40 heavy (non-hydrogen) atoms. The summed E-state index contributed by atoms with van der Waals surface area (Å²) in [6.45, 7) is 5.40. The van der Waals surface area contributed by atoms with Crippen LogP contribution >= 0.6 is 0 Å². The lowest BCUT2D eigenvalue weighted by atomic mass is 10.0. The van der Waals surface area contributed by atoms with E-state index in [-0.39, 0.29) is 36.1 Å². The zero-order chi connectivity index (χ0) is 29.0. The molecule has 4 rings (SSSR count). The van der Waals surface area contributed by atoms with E-state index in [0.29, 0.717) is 29.7 Å². The Morgan fingerprint density at radius 2 is 1.90 bits per heavy atom. The van der Waals surface area contributed by atoms with Crippen molar-refractivity contribution in [3.05, 3.63) is 59.9 Å². The molecule has 0 spiro atoms. The third-order valence-electron chi connectivity index (χ3n) is 7.00. The molecule has 1 aliphatic heterocycles. The number of rotatable bonds is 9. The van der Waals surface area contributed by atoms with Crippen molar-refractivity contribution in [2.45, 2.75) is 57.0 Å². The number of ketones is 1. The molecule has 1 unspecified atom stereocenters. The SMILES string of the molecule is COc1cccc(S(=O)(=O)N2CCC[C@H](NC(=O)C(CC(C)C)NC(=O)c3oc4ccccc4c3C)C(=O)C2)c1. The monoisotopic (exact) mass is 569 g/mol. The number of furan rings is 1. The lowest BCUT2D eigenvalue weighted by molar-refractivity contribution is -0.129. The second-order valence-electron chi connectivity index (χ2n) is 10.4. The molecule has 0 radical (unpaired) electrons. The highest BCUT2D eigenvalue weighted by molar-refractivity contribution is 7.89. The Balaban J connectivity index is 1.46. The minimum absolute atomic E-state index is 0.0303. The largest absolute Gasteiger partial charge is 0.497 e. The number of carbonyl (C=O) groups excluding carboxylic acids is 3. The number of benzene rings is 2. The molecule has 0 saturated carbocycles. The zero-order valence-corrected chi connectivity index (χ0v) is 23.9. The number of para-hydroxylation sites is 1. The minimum Gasteiger partial charge on any atom is -0.497 e. The number of Topliss-reactive ketones (excluding diaryl/α,β-unsaturated/α-hetero) is 1. The average Bonchev–Trinajstić information content (AvgIpc) is 3.15. The summed E-state index contributed by atoms with van der Waals surface area (Å²) < 4.78 is 38.5. The summed E-state index contributed by atoms with van der Waals surface area (Å²) in [4.78, 5) is 39.7. The van der Waals surface area contributed by atoms with E-state index in [1.807, 2.05) is 32.0 Å². The molecule has 2 atom stereocenters. The van der Waals surface area contributed by atoms with E-state index in [0.717, 1.165) is 9.69 Å². The first-order valence-electron chi connectivity index (χ1n) is 13.3. The van der Waals surface area contributed by atoms with Gasteiger partial charge in [0.2, 0.25) is 15.9 Å². The van der Waals surface area contributed by atoms with Crippen LogP contribution in [-0.2, 0) is 19.6 Å². The highest BCUT2D eigenvalue weighted by atomic mass is 32.2. The first kappa shape index (κ1) is 29.3. The Morgan fingerprint density at radius 1 is 1.15 bits per heavy atom. The molecule has 1 saturated heterocycles. The number of ether oxygens (including phenoxy) is 1. The number of nitrogens with zero attached hydrogens (tertiary/aromatic N) is 1. The molecule has 3 aromatic rings. The van der Waals surface area contributed by atoms with Crippen LogP contribution in [0, 0.1) is 12.8 Å². The van der Waals surface area contributed by atoms with Crippen molar-refractivity contribution in [3.63, 3.8) is 0 Å². The number of amides is 2. The molecule has 0 aliphatic carbocycles. The molecule has 1 fully saturated rings. The van der Waals surface area contributed by atoms with Gasteiger partial charge in [-0.05, 0) is 50.3 Å². The fraction of sp³-hybridized carbons (Fsp3) is 0.414. The highest BCUT2D eigenvalue weighted by Gasteiger charge is 2.35. The van der Waals surface area contributed by atoms with Gasteiger partial charge in [0.1, 0.15) is 17.4 Å². The van der Waals surface area contributed by atoms with E-state index in [2.05, 4.69) is 10.6 Å². The van der Waals surface area contributed by atoms with Crippen molar-refractivity contribution in [1.29, 1.82) is 0 Å². The number of nitrogens with one attached hydrogen (secondary N) is 2. The van der Waals surface area contributed by atoms with Crippen molar-refractivity contribution < 1.29 is 32.0 Å². The molecule has 214 valence electrons. The maximum Gasteiger partial charge on any atom is 0.287 e. The van der Waals surface area contributed by atoms with Gasteiger partial charge in [-0.15, -0.1) is 0 Å². The molecule has 2 heterocycles. The van der Waals surface area contributed by atoms with Crippen LogP contribution in [0.4, 0.5) is 0 Å². The smallest absolute Gasteiger partial charge is 0.287 e. The summed E-state index contributed by atoms with van der Waals surface area (Å²) >= 11 is 0. The van der Waals surface area contributed by atoms with Crippen molar-refractivity contribution in [2.75, 3.05) is 20.2 Å². The summed E-state index contributed by atoms with van der Waals surface area (Å²) in [6.07, 6.45) is 0.993. The topological polar surface area (TPSA) is 135 Å². The molecule has 2 N–H and O–H groups in total. The van der Waals surface area contributed by atoms with Gasteiger partial charge in [-0.2, -0.15) is 4.31 Å². The zero-order valence-electron chi connectivity index (χ0n) is 23.1. The Hall–Kier alpha value is -3.70. The summed E-state index contributed by atoms with van der Waals surface area (Å²) in [5, 5.41) is 6.36. The molecule has 1 aromatic heterocycles. The summed E-state index contributed by atoms with van der Waals surface area (Å²) in [5.41, 5.74) is 1.25. The Kier molecular flexibility index (Phi) is 8.95. The van der Waals surface area contributed by atoms with Gasteiger partial charge in [-0.3, -0.25) is 14.4 Å². The number of hydrogen-bond acceptors (Lipinski definition) is 7. The van der Waals surface area contributed by atoms with Gasteiger partial charge in [0.15, 0.2) is 11.5 Å². The molecule has 2 aromatic carbocycles. The van der Waals surface area contributed by atoms with E-state index in [1.54, 1.807) is 25.1 Å². The van der Waals surface area contributed by atoms with Crippen LogP contribution in [0.2, 0.25) is 0 Å². The predicted molar refractivity (Wildman–Crippen MR) is 150 cm³/mol. The molecule has 11 heteroatoms. The molecule has 0 bridgehead atoms. The minimum atomic E-state index is -3.94. The van der Waals surface area contributed by atoms with E-state index >= 15 is 0 Å². The van der Waals surface area contributed by atoms with Crippen LogP contribution in [-0.4, -0.2) is 62.6 Å². The standard InChI is InChI=1S/C29H35N3O7S/c1-18(2)15-24(31-29(35)27-19(3)22-11-5-6-13-26(22)39-27)28(34)30-23-12-8-14-32(17-25(23)33)40(36,37)21-10-7-9-20(16-21)38-4/h5-7,9-11,13,16,18,23-24H,8,12,14-15,17H2,1-4H3,(H,30,34)(H,31,35)/t23-,24?/m0/s1. The number of sulfonamides is 1. The van der Waals surface area contributed by atoms with Crippen molar-refractivity contribution in [3.8, 4) is 5.75 Å². The first-order valence-corrected chi connectivity index (χ1v) is 14.7. The highest BCUT2D eigenvalue weighted by Crippen LogP contribution is 2.26. The maximum atomic E-state index is 13.3. The van der Waals surface area contributed by atoms with E-state index in [1.165, 1.54) is 19.2 Å². The van der Waals surface area contributed by atoms with Gasteiger partial charge in [0, 0.05) is 23.6 Å². The second-order valence-corrected chi connectivity index (χ2v) is 12.3. The molecular weight excluding hydrogens is 534 g/mol. The Labute approximate surface area is 234 Å². The molecular formula is C29H35N3O7S. The molecule has 10 nitrogen and oxygen atoms in total. The van der Waals surface area contributed by atoms with Crippen molar-refractivity contribution >= 4 is 38.6 Å². The molecule has 2 amide bonds. The van der Waals surface area contributed by atoms with Crippen LogP contribution in [0.15, 0.2) is 57.8 Å². The van der Waals surface area contributed by atoms with Crippen molar-refractivity contribution in [1.82, 2.24) is 14.9 Å². The number of aryl methyl sites for hydroxylation is 1. The number of fused-ring (bicyclic) bond motifs is 1. The number of hydrogen-bond donors (Lipinski definition) is 2. The maximum absolute atomic E-state index is 13.3.